The molecule has 28 heavy (non-hydrogen) atoms. The van der Waals surface area contributed by atoms with Gasteiger partial charge in [0.2, 0.25) is 5.91 Å². The molecule has 0 bridgehead atoms. The van der Waals surface area contributed by atoms with E-state index in [0.717, 1.165) is 0 Å². The highest BCUT2D eigenvalue weighted by molar-refractivity contribution is 7.99. The summed E-state index contributed by atoms with van der Waals surface area (Å²) in [5.41, 5.74) is 0.383. The number of hydrogen-bond donors (Lipinski definition) is 1. The van der Waals surface area contributed by atoms with E-state index in [9.17, 15) is 18.8 Å². The van der Waals surface area contributed by atoms with Gasteiger partial charge in [-0.05, 0) is 43.3 Å². The highest BCUT2D eigenvalue weighted by Crippen LogP contribution is 2.41. The van der Waals surface area contributed by atoms with E-state index in [1.165, 1.54) is 61.0 Å². The summed E-state index contributed by atoms with van der Waals surface area (Å²) in [5, 5.41) is 2.12. The fourth-order valence-corrected chi connectivity index (χ4v) is 4.22. The van der Waals surface area contributed by atoms with E-state index >= 15 is 0 Å². The van der Waals surface area contributed by atoms with Crippen LogP contribution in [-0.2, 0) is 19.1 Å². The zero-order valence-electron chi connectivity index (χ0n) is 15.3. The van der Waals surface area contributed by atoms with Crippen molar-refractivity contribution in [1.82, 2.24) is 4.90 Å². The van der Waals surface area contributed by atoms with Crippen LogP contribution in [0.15, 0.2) is 47.1 Å². The van der Waals surface area contributed by atoms with E-state index in [2.05, 4.69) is 5.32 Å². The third-order valence-corrected chi connectivity index (χ3v) is 5.48. The van der Waals surface area contributed by atoms with E-state index in [1.807, 2.05) is 0 Å². The molecule has 0 saturated carbocycles. The van der Waals surface area contributed by atoms with Crippen LogP contribution in [0.1, 0.15) is 25.0 Å². The second kappa shape index (κ2) is 8.47. The summed E-state index contributed by atoms with van der Waals surface area (Å²) in [5.74, 6) is -1.04. The Morgan fingerprint density at radius 2 is 2.00 bits per heavy atom. The second-order valence-electron chi connectivity index (χ2n) is 6.22. The first-order chi connectivity index (χ1) is 13.4. The number of thioether (sulfide) groups is 1. The molecule has 1 aromatic heterocycles. The first-order valence-corrected chi connectivity index (χ1v) is 9.62. The van der Waals surface area contributed by atoms with Gasteiger partial charge in [-0.15, -0.1) is 11.8 Å². The molecule has 3 rings (SSSR count). The maximum Gasteiger partial charge on any atom is 0.330 e. The standard InChI is InChI=1S/C19H19FN2O5S/c1-11(17(24)21-14-7-5-13(20)6-8-14)27-19(25)15-10-28-18(22(15)12(2)23)16-4-3-9-26-16/h3-9,11,15,18H,10H2,1-2H3,(H,21,24)/t11-,15-,18-/m1/s1. The number of halogens is 1. The number of nitrogens with zero attached hydrogens (tertiary/aromatic N) is 1. The van der Waals surface area contributed by atoms with Crippen LogP contribution in [-0.4, -0.2) is 40.6 Å². The molecule has 9 heteroatoms. The average Bonchev–Trinajstić information content (AvgIpc) is 3.32. The van der Waals surface area contributed by atoms with Gasteiger partial charge in [0.05, 0.1) is 6.26 Å². The highest BCUT2D eigenvalue weighted by atomic mass is 32.2. The molecule has 1 N–H and O–H groups in total. The minimum atomic E-state index is -1.08. The molecule has 1 aliphatic heterocycles. The first-order valence-electron chi connectivity index (χ1n) is 8.57. The van der Waals surface area contributed by atoms with Crippen LogP contribution in [0.4, 0.5) is 10.1 Å². The van der Waals surface area contributed by atoms with Crippen LogP contribution >= 0.6 is 11.8 Å². The lowest BCUT2D eigenvalue weighted by Crippen LogP contribution is -2.44. The molecule has 0 unspecified atom stereocenters. The van der Waals surface area contributed by atoms with Gasteiger partial charge in [0.1, 0.15) is 23.0 Å². The van der Waals surface area contributed by atoms with Gasteiger partial charge in [0.25, 0.3) is 5.91 Å². The summed E-state index contributed by atoms with van der Waals surface area (Å²) in [6.07, 6.45) is 0.417. The number of esters is 1. The van der Waals surface area contributed by atoms with E-state index in [1.54, 1.807) is 12.1 Å². The minimum absolute atomic E-state index is 0.295. The molecule has 0 spiro atoms. The average molecular weight is 406 g/mol. The van der Waals surface area contributed by atoms with Crippen LogP contribution in [0, 0.1) is 5.82 Å². The Kier molecular flexibility index (Phi) is 6.03. The molecule has 2 heterocycles. The predicted octanol–water partition coefficient (Wildman–Crippen LogP) is 2.95. The molecule has 7 nitrogen and oxygen atoms in total. The highest BCUT2D eigenvalue weighted by Gasteiger charge is 2.43. The number of carbonyl (C=O) groups excluding carboxylic acids is 3. The van der Waals surface area contributed by atoms with Crippen molar-refractivity contribution in [3.63, 3.8) is 0 Å². The number of nitrogens with one attached hydrogen (secondary N) is 1. The SMILES string of the molecule is CC(=O)N1[C@@H](C(=O)O[C@H](C)C(=O)Nc2ccc(F)cc2)CS[C@@H]1c1ccco1. The van der Waals surface area contributed by atoms with E-state index in [0.29, 0.717) is 17.2 Å². The number of hydrogen-bond acceptors (Lipinski definition) is 6. The molecule has 2 aromatic rings. The van der Waals surface area contributed by atoms with Crippen LogP contribution in [0.3, 0.4) is 0 Å². The molecular formula is C19H19FN2O5S. The van der Waals surface area contributed by atoms with Gasteiger partial charge in [0.15, 0.2) is 6.10 Å². The Balaban J connectivity index is 1.63. The maximum atomic E-state index is 12.9. The first kappa shape index (κ1) is 19.9. The minimum Gasteiger partial charge on any atom is -0.466 e. The largest absolute Gasteiger partial charge is 0.466 e. The van der Waals surface area contributed by atoms with Gasteiger partial charge in [-0.25, -0.2) is 9.18 Å². The smallest absolute Gasteiger partial charge is 0.330 e. The molecule has 3 atom stereocenters. The Morgan fingerprint density at radius 1 is 1.29 bits per heavy atom. The van der Waals surface area contributed by atoms with Crippen molar-refractivity contribution in [2.75, 3.05) is 11.1 Å². The van der Waals surface area contributed by atoms with Gasteiger partial charge in [-0.2, -0.15) is 0 Å². The summed E-state index contributed by atoms with van der Waals surface area (Å²) in [6.45, 7) is 2.80. The zero-order valence-corrected chi connectivity index (χ0v) is 16.1. The van der Waals surface area contributed by atoms with Crippen LogP contribution in [0.25, 0.3) is 0 Å². The van der Waals surface area contributed by atoms with Gasteiger partial charge in [-0.1, -0.05) is 0 Å². The van der Waals surface area contributed by atoms with E-state index < -0.39 is 35.2 Å². The Bertz CT molecular complexity index is 856. The summed E-state index contributed by atoms with van der Waals surface area (Å²) in [6, 6.07) is 7.85. The molecule has 0 aliphatic carbocycles. The van der Waals surface area contributed by atoms with Crippen LogP contribution in [0.2, 0.25) is 0 Å². The summed E-state index contributed by atoms with van der Waals surface area (Å²) < 4.78 is 23.6. The van der Waals surface area contributed by atoms with Crippen molar-refractivity contribution < 1.29 is 27.9 Å². The summed E-state index contributed by atoms with van der Waals surface area (Å²) in [7, 11) is 0. The van der Waals surface area contributed by atoms with E-state index in [4.69, 9.17) is 9.15 Å². The Hall–Kier alpha value is -2.81. The number of furan rings is 1. The Morgan fingerprint density at radius 3 is 2.61 bits per heavy atom. The van der Waals surface area contributed by atoms with Crippen molar-refractivity contribution >= 4 is 35.2 Å². The number of rotatable bonds is 5. The quantitative estimate of drug-likeness (QED) is 0.768. The second-order valence-corrected chi connectivity index (χ2v) is 7.33. The van der Waals surface area contributed by atoms with Crippen molar-refractivity contribution in [2.24, 2.45) is 0 Å². The molecule has 0 radical (unpaired) electrons. The lowest BCUT2D eigenvalue weighted by molar-refractivity contribution is -0.160. The lowest BCUT2D eigenvalue weighted by Gasteiger charge is -2.26. The normalized spacial score (nSPS) is 19.9. The van der Waals surface area contributed by atoms with Crippen LogP contribution in [0.5, 0.6) is 0 Å². The number of carbonyl (C=O) groups is 3. The van der Waals surface area contributed by atoms with Crippen molar-refractivity contribution in [2.45, 2.75) is 31.4 Å². The number of anilines is 1. The van der Waals surface area contributed by atoms with Crippen LogP contribution < -0.4 is 5.32 Å². The van der Waals surface area contributed by atoms with Crippen molar-refractivity contribution in [1.29, 1.82) is 0 Å². The number of amides is 2. The zero-order chi connectivity index (χ0) is 20.3. The van der Waals surface area contributed by atoms with Gasteiger partial charge >= 0.3 is 5.97 Å². The van der Waals surface area contributed by atoms with Crippen molar-refractivity contribution in [3.05, 3.63) is 54.2 Å². The monoisotopic (exact) mass is 406 g/mol. The Labute approximate surface area is 165 Å². The number of benzene rings is 1. The van der Waals surface area contributed by atoms with Gasteiger partial charge in [-0.3, -0.25) is 9.59 Å². The predicted molar refractivity (Wildman–Crippen MR) is 101 cm³/mol. The van der Waals surface area contributed by atoms with Gasteiger partial charge in [0, 0.05) is 18.4 Å². The number of ether oxygens (including phenoxy) is 1. The molecule has 1 aliphatic rings. The third-order valence-electron chi connectivity index (χ3n) is 4.20. The maximum absolute atomic E-state index is 12.9. The lowest BCUT2D eigenvalue weighted by atomic mass is 10.2. The van der Waals surface area contributed by atoms with Crippen molar-refractivity contribution in [3.8, 4) is 0 Å². The topological polar surface area (TPSA) is 88.8 Å². The molecule has 1 fully saturated rings. The van der Waals surface area contributed by atoms with Gasteiger partial charge < -0.3 is 19.4 Å². The molecular weight excluding hydrogens is 387 g/mol. The third kappa shape index (κ3) is 4.36. The summed E-state index contributed by atoms with van der Waals surface area (Å²) in [4.78, 5) is 38.3. The molecule has 148 valence electrons. The fourth-order valence-electron chi connectivity index (χ4n) is 2.81. The molecule has 1 aromatic carbocycles. The van der Waals surface area contributed by atoms with E-state index in [-0.39, 0.29) is 5.91 Å². The molecule has 2 amide bonds. The summed E-state index contributed by atoms with van der Waals surface area (Å²) >= 11 is 1.39. The fraction of sp³-hybridized carbons (Fsp3) is 0.316. The molecule has 1 saturated heterocycles.